The Hall–Kier alpha value is -3.06. The van der Waals surface area contributed by atoms with Crippen LogP contribution in [0.4, 0.5) is 5.69 Å². The van der Waals surface area contributed by atoms with Crippen LogP contribution in [-0.2, 0) is 16.1 Å². The van der Waals surface area contributed by atoms with E-state index in [9.17, 15) is 9.59 Å². The van der Waals surface area contributed by atoms with Crippen LogP contribution in [0.2, 0.25) is 0 Å². The van der Waals surface area contributed by atoms with Gasteiger partial charge in [-0.25, -0.2) is 4.79 Å². The number of amides is 1. The average Bonchev–Trinajstić information content (AvgIpc) is 2.67. The molecule has 1 unspecified atom stereocenters. The summed E-state index contributed by atoms with van der Waals surface area (Å²) >= 11 is 0. The molecule has 2 rings (SSSR count). The van der Waals surface area contributed by atoms with E-state index in [2.05, 4.69) is 5.32 Å². The third-order valence-electron chi connectivity index (χ3n) is 4.06. The van der Waals surface area contributed by atoms with Gasteiger partial charge in [0.1, 0.15) is 18.0 Å². The van der Waals surface area contributed by atoms with E-state index >= 15 is 0 Å². The molecule has 1 atom stereocenters. The fraction of sp³-hybridized carbons (Fsp3) is 0.300. The summed E-state index contributed by atoms with van der Waals surface area (Å²) in [4.78, 5) is 25.2. The Morgan fingerprint density at radius 2 is 1.78 bits per heavy atom. The molecule has 27 heavy (non-hydrogen) atoms. The van der Waals surface area contributed by atoms with Crippen molar-refractivity contribution >= 4 is 17.6 Å². The number of carbonyl (C=O) groups is 2. The van der Waals surface area contributed by atoms with Crippen LogP contribution in [0.3, 0.4) is 0 Å². The van der Waals surface area contributed by atoms with E-state index in [0.717, 1.165) is 10.5 Å². The summed E-state index contributed by atoms with van der Waals surface area (Å²) in [6, 6.07) is 12.3. The molecule has 144 valence electrons. The van der Waals surface area contributed by atoms with Gasteiger partial charge in [-0.1, -0.05) is 12.1 Å². The van der Waals surface area contributed by atoms with E-state index in [1.165, 1.54) is 7.11 Å². The highest BCUT2D eigenvalue weighted by Gasteiger charge is 2.17. The smallest absolute Gasteiger partial charge is 0.339 e. The Labute approximate surface area is 158 Å². The second kappa shape index (κ2) is 9.59. The van der Waals surface area contributed by atoms with Gasteiger partial charge in [0.2, 0.25) is 0 Å². The molecule has 7 nitrogen and oxygen atoms in total. The van der Waals surface area contributed by atoms with Gasteiger partial charge in [0.05, 0.1) is 39.6 Å². The van der Waals surface area contributed by atoms with Crippen LogP contribution in [0.5, 0.6) is 11.5 Å². The lowest BCUT2D eigenvalue weighted by molar-refractivity contribution is -0.885. The fourth-order valence-corrected chi connectivity index (χ4v) is 2.73. The highest BCUT2D eigenvalue weighted by molar-refractivity contribution is 6.01. The quantitative estimate of drug-likeness (QED) is 0.679. The van der Waals surface area contributed by atoms with Gasteiger partial charge in [0.25, 0.3) is 5.91 Å². The maximum Gasteiger partial charge on any atom is 0.339 e. The van der Waals surface area contributed by atoms with Crippen molar-refractivity contribution in [1.82, 2.24) is 0 Å². The maximum absolute atomic E-state index is 12.4. The number of likely N-dealkylation sites (N-methyl/N-ethyl adjacent to an activating group) is 1. The molecule has 7 heteroatoms. The summed E-state index contributed by atoms with van der Waals surface area (Å²) in [5.41, 5.74) is 1.73. The van der Waals surface area contributed by atoms with E-state index in [4.69, 9.17) is 14.2 Å². The van der Waals surface area contributed by atoms with Gasteiger partial charge in [-0.05, 0) is 24.3 Å². The van der Waals surface area contributed by atoms with Crippen molar-refractivity contribution in [2.75, 3.05) is 40.2 Å². The first-order valence-electron chi connectivity index (χ1n) is 8.47. The molecular formula is C20H25N2O5+. The van der Waals surface area contributed by atoms with Crippen LogP contribution in [0.25, 0.3) is 0 Å². The SMILES string of the molecule is COC(=O)c1ccccc1NC(=O)C[NH+](C)Cc1ccc(OC)cc1OC. The standard InChI is InChI=1S/C20H24N2O5/c1-22(12-14-9-10-15(25-2)11-18(14)26-3)13-19(23)21-17-8-6-5-7-16(17)20(24)27-4/h5-11H,12-13H2,1-4H3,(H,21,23)/p+1. The number of carbonyl (C=O) groups excluding carboxylic acids is 2. The zero-order chi connectivity index (χ0) is 19.8. The molecule has 0 aliphatic carbocycles. The maximum atomic E-state index is 12.4. The number of hydrogen-bond donors (Lipinski definition) is 2. The van der Waals surface area contributed by atoms with Crippen LogP contribution in [0.1, 0.15) is 15.9 Å². The Bertz CT molecular complexity index is 807. The highest BCUT2D eigenvalue weighted by Crippen LogP contribution is 2.23. The molecule has 2 N–H and O–H groups in total. The fourth-order valence-electron chi connectivity index (χ4n) is 2.73. The molecule has 0 saturated carbocycles. The minimum absolute atomic E-state index is 0.198. The van der Waals surface area contributed by atoms with E-state index in [0.29, 0.717) is 29.3 Å². The molecule has 0 saturated heterocycles. The van der Waals surface area contributed by atoms with Crippen molar-refractivity contribution in [3.63, 3.8) is 0 Å². The Morgan fingerprint density at radius 3 is 2.44 bits per heavy atom. The first-order chi connectivity index (χ1) is 13.0. The lowest BCUT2D eigenvalue weighted by Crippen LogP contribution is -3.08. The number of quaternary nitrogens is 1. The van der Waals surface area contributed by atoms with Gasteiger partial charge in [-0.15, -0.1) is 0 Å². The number of anilines is 1. The van der Waals surface area contributed by atoms with Crippen molar-refractivity contribution < 1.29 is 28.7 Å². The molecule has 2 aromatic rings. The predicted molar refractivity (Wildman–Crippen MR) is 101 cm³/mol. The van der Waals surface area contributed by atoms with Crippen molar-refractivity contribution in [3.05, 3.63) is 53.6 Å². The number of benzene rings is 2. The van der Waals surface area contributed by atoms with Crippen molar-refractivity contribution in [2.24, 2.45) is 0 Å². The average molecular weight is 373 g/mol. The molecule has 0 aromatic heterocycles. The van der Waals surface area contributed by atoms with Crippen molar-refractivity contribution in [3.8, 4) is 11.5 Å². The summed E-state index contributed by atoms with van der Waals surface area (Å²) in [7, 11) is 6.42. The van der Waals surface area contributed by atoms with E-state index in [-0.39, 0.29) is 12.5 Å². The van der Waals surface area contributed by atoms with Crippen LogP contribution in [-0.4, -0.2) is 46.8 Å². The predicted octanol–water partition coefficient (Wildman–Crippen LogP) is 1.14. The topological polar surface area (TPSA) is 78.3 Å². The van der Waals surface area contributed by atoms with Gasteiger partial charge >= 0.3 is 5.97 Å². The summed E-state index contributed by atoms with van der Waals surface area (Å²) in [5.74, 6) is 0.737. The molecule has 0 aliphatic heterocycles. The minimum Gasteiger partial charge on any atom is -0.497 e. The van der Waals surface area contributed by atoms with E-state index in [1.807, 2.05) is 25.2 Å². The molecule has 1 amide bonds. The number of esters is 1. The van der Waals surface area contributed by atoms with Crippen LogP contribution < -0.4 is 19.7 Å². The summed E-state index contributed by atoms with van der Waals surface area (Å²) in [6.45, 7) is 0.823. The Kier molecular flexibility index (Phi) is 7.19. The monoisotopic (exact) mass is 373 g/mol. The number of nitrogens with one attached hydrogen (secondary N) is 2. The lowest BCUT2D eigenvalue weighted by atomic mass is 10.1. The highest BCUT2D eigenvalue weighted by atomic mass is 16.5. The normalized spacial score (nSPS) is 11.4. The van der Waals surface area contributed by atoms with E-state index in [1.54, 1.807) is 38.5 Å². The second-order valence-electron chi connectivity index (χ2n) is 6.07. The largest absolute Gasteiger partial charge is 0.497 e. The van der Waals surface area contributed by atoms with Gasteiger partial charge in [-0.3, -0.25) is 4.79 Å². The lowest BCUT2D eigenvalue weighted by Gasteiger charge is -2.17. The Balaban J connectivity index is 2.02. The van der Waals surface area contributed by atoms with Gasteiger partial charge in [0, 0.05) is 11.6 Å². The molecule has 0 radical (unpaired) electrons. The number of hydrogen-bond acceptors (Lipinski definition) is 5. The first-order valence-corrected chi connectivity index (χ1v) is 8.47. The minimum atomic E-state index is -0.491. The molecule has 0 bridgehead atoms. The summed E-state index contributed by atoms with van der Waals surface area (Å²) in [6.07, 6.45) is 0. The third kappa shape index (κ3) is 5.46. The molecule has 0 spiro atoms. The zero-order valence-electron chi connectivity index (χ0n) is 16.0. The number of rotatable bonds is 8. The molecule has 0 fully saturated rings. The number of para-hydroxylation sites is 1. The van der Waals surface area contributed by atoms with Crippen LogP contribution in [0.15, 0.2) is 42.5 Å². The molecular weight excluding hydrogens is 348 g/mol. The van der Waals surface area contributed by atoms with Gasteiger partial charge in [-0.2, -0.15) is 0 Å². The number of methoxy groups -OCH3 is 3. The van der Waals surface area contributed by atoms with Gasteiger partial charge in [0.15, 0.2) is 6.54 Å². The van der Waals surface area contributed by atoms with Crippen LogP contribution in [0, 0.1) is 0 Å². The molecule has 2 aromatic carbocycles. The van der Waals surface area contributed by atoms with E-state index < -0.39 is 5.97 Å². The Morgan fingerprint density at radius 1 is 1.04 bits per heavy atom. The third-order valence-corrected chi connectivity index (χ3v) is 4.06. The summed E-state index contributed by atoms with van der Waals surface area (Å²) in [5, 5.41) is 2.78. The summed E-state index contributed by atoms with van der Waals surface area (Å²) < 4.78 is 15.3. The molecule has 0 aliphatic rings. The first kappa shape index (κ1) is 20.3. The van der Waals surface area contributed by atoms with Gasteiger partial charge < -0.3 is 24.4 Å². The number of ether oxygens (including phenoxy) is 3. The van der Waals surface area contributed by atoms with Crippen LogP contribution >= 0.6 is 0 Å². The van der Waals surface area contributed by atoms with Crippen molar-refractivity contribution in [1.29, 1.82) is 0 Å². The zero-order valence-corrected chi connectivity index (χ0v) is 16.0. The second-order valence-corrected chi connectivity index (χ2v) is 6.07. The van der Waals surface area contributed by atoms with Crippen molar-refractivity contribution in [2.45, 2.75) is 6.54 Å². The molecule has 0 heterocycles.